The van der Waals surface area contributed by atoms with Crippen molar-refractivity contribution in [3.05, 3.63) is 24.3 Å². The van der Waals surface area contributed by atoms with E-state index >= 15 is 0 Å². The van der Waals surface area contributed by atoms with Crippen molar-refractivity contribution in [2.75, 3.05) is 25.1 Å². The van der Waals surface area contributed by atoms with Crippen LogP contribution in [0.25, 0.3) is 0 Å². The minimum absolute atomic E-state index is 0.579. The summed E-state index contributed by atoms with van der Waals surface area (Å²) in [4.78, 5) is 2.49. The summed E-state index contributed by atoms with van der Waals surface area (Å²) in [5.74, 6) is 0.941. The number of ether oxygens (including phenoxy) is 1. The zero-order chi connectivity index (χ0) is 13.7. The van der Waals surface area contributed by atoms with E-state index in [4.69, 9.17) is 4.74 Å². The van der Waals surface area contributed by atoms with Crippen molar-refractivity contribution in [2.45, 2.75) is 45.2 Å². The molecule has 1 aliphatic heterocycles. The first-order valence-electron chi connectivity index (χ1n) is 7.38. The lowest BCUT2D eigenvalue weighted by molar-refractivity contribution is 0.368. The van der Waals surface area contributed by atoms with E-state index in [-0.39, 0.29) is 0 Å². The molecule has 0 aliphatic carbocycles. The Morgan fingerprint density at radius 2 is 2.26 bits per heavy atom. The molecular weight excluding hydrogens is 236 g/mol. The topological polar surface area (TPSA) is 24.5 Å². The first kappa shape index (κ1) is 14.2. The van der Waals surface area contributed by atoms with Gasteiger partial charge in [-0.05, 0) is 44.9 Å². The molecule has 106 valence electrons. The lowest BCUT2D eigenvalue weighted by Crippen LogP contribution is -2.47. The SMILES string of the molecule is CCCNC1CCN(c2cccc(OC)c2)C(C)C1. The summed E-state index contributed by atoms with van der Waals surface area (Å²) in [6.07, 6.45) is 3.66. The number of nitrogens with one attached hydrogen (secondary N) is 1. The normalized spacial score (nSPS) is 23.4. The summed E-state index contributed by atoms with van der Waals surface area (Å²) in [7, 11) is 1.73. The molecule has 1 aromatic carbocycles. The van der Waals surface area contributed by atoms with Crippen LogP contribution in [0.5, 0.6) is 5.75 Å². The Morgan fingerprint density at radius 3 is 2.95 bits per heavy atom. The van der Waals surface area contributed by atoms with Gasteiger partial charge in [0.15, 0.2) is 0 Å². The summed E-state index contributed by atoms with van der Waals surface area (Å²) in [6, 6.07) is 9.65. The van der Waals surface area contributed by atoms with Crippen molar-refractivity contribution in [1.29, 1.82) is 0 Å². The van der Waals surface area contributed by atoms with Crippen LogP contribution in [0.2, 0.25) is 0 Å². The quantitative estimate of drug-likeness (QED) is 0.882. The zero-order valence-corrected chi connectivity index (χ0v) is 12.4. The highest BCUT2D eigenvalue weighted by Gasteiger charge is 2.25. The number of benzene rings is 1. The average Bonchev–Trinajstić information content (AvgIpc) is 2.45. The molecule has 1 fully saturated rings. The van der Waals surface area contributed by atoms with Crippen LogP contribution in [-0.4, -0.2) is 32.3 Å². The van der Waals surface area contributed by atoms with Gasteiger partial charge < -0.3 is 15.0 Å². The molecule has 0 bridgehead atoms. The molecule has 0 radical (unpaired) electrons. The van der Waals surface area contributed by atoms with Gasteiger partial charge in [0.25, 0.3) is 0 Å². The molecule has 1 aliphatic rings. The van der Waals surface area contributed by atoms with Crippen molar-refractivity contribution in [1.82, 2.24) is 5.32 Å². The monoisotopic (exact) mass is 262 g/mol. The van der Waals surface area contributed by atoms with Gasteiger partial charge in [-0.25, -0.2) is 0 Å². The Labute approximate surface area is 116 Å². The van der Waals surface area contributed by atoms with Gasteiger partial charge in [-0.15, -0.1) is 0 Å². The third-order valence-corrected chi connectivity index (χ3v) is 3.94. The first-order chi connectivity index (χ1) is 9.24. The van der Waals surface area contributed by atoms with Gasteiger partial charge in [0.05, 0.1) is 7.11 Å². The van der Waals surface area contributed by atoms with Crippen molar-refractivity contribution >= 4 is 5.69 Å². The predicted octanol–water partition coefficient (Wildman–Crippen LogP) is 3.05. The Balaban J connectivity index is 1.98. The maximum atomic E-state index is 5.32. The number of anilines is 1. The van der Waals surface area contributed by atoms with Gasteiger partial charge in [-0.3, -0.25) is 0 Å². The molecule has 1 heterocycles. The number of rotatable bonds is 5. The zero-order valence-electron chi connectivity index (χ0n) is 12.4. The molecule has 0 amide bonds. The van der Waals surface area contributed by atoms with Crippen molar-refractivity contribution in [2.24, 2.45) is 0 Å². The second-order valence-electron chi connectivity index (χ2n) is 5.42. The second kappa shape index (κ2) is 6.80. The van der Waals surface area contributed by atoms with E-state index in [1.165, 1.54) is 24.9 Å². The van der Waals surface area contributed by atoms with Gasteiger partial charge in [-0.2, -0.15) is 0 Å². The number of hydrogen-bond donors (Lipinski definition) is 1. The van der Waals surface area contributed by atoms with Crippen LogP contribution in [0.4, 0.5) is 5.69 Å². The Hall–Kier alpha value is -1.22. The molecule has 0 spiro atoms. The molecule has 2 rings (SSSR count). The lowest BCUT2D eigenvalue weighted by atomic mass is 9.97. The third kappa shape index (κ3) is 3.63. The van der Waals surface area contributed by atoms with Crippen molar-refractivity contribution < 1.29 is 4.74 Å². The van der Waals surface area contributed by atoms with E-state index in [9.17, 15) is 0 Å². The highest BCUT2D eigenvalue weighted by molar-refractivity contribution is 5.51. The van der Waals surface area contributed by atoms with Crippen LogP contribution < -0.4 is 15.0 Å². The fraction of sp³-hybridized carbons (Fsp3) is 0.625. The van der Waals surface area contributed by atoms with E-state index < -0.39 is 0 Å². The summed E-state index contributed by atoms with van der Waals surface area (Å²) < 4.78 is 5.32. The average molecular weight is 262 g/mol. The Bertz CT molecular complexity index is 394. The molecular formula is C16H26N2O. The molecule has 3 nitrogen and oxygen atoms in total. The Kier molecular flexibility index (Phi) is 5.08. The molecule has 1 aromatic rings. The molecule has 19 heavy (non-hydrogen) atoms. The number of methoxy groups -OCH3 is 1. The van der Waals surface area contributed by atoms with Crippen LogP contribution in [0.15, 0.2) is 24.3 Å². The smallest absolute Gasteiger partial charge is 0.120 e. The number of nitrogens with zero attached hydrogens (tertiary/aromatic N) is 1. The minimum Gasteiger partial charge on any atom is -0.497 e. The van der Waals surface area contributed by atoms with Crippen LogP contribution >= 0.6 is 0 Å². The van der Waals surface area contributed by atoms with Gasteiger partial charge >= 0.3 is 0 Å². The standard InChI is InChI=1S/C16H26N2O/c1-4-9-17-14-8-10-18(13(2)11-14)15-6-5-7-16(12-15)19-3/h5-7,12-14,17H,4,8-11H2,1-3H3. The summed E-state index contributed by atoms with van der Waals surface area (Å²) in [5.41, 5.74) is 1.28. The third-order valence-electron chi connectivity index (χ3n) is 3.94. The van der Waals surface area contributed by atoms with Crippen LogP contribution in [0.1, 0.15) is 33.1 Å². The van der Waals surface area contributed by atoms with Gasteiger partial charge in [0.1, 0.15) is 5.75 Å². The van der Waals surface area contributed by atoms with E-state index in [0.29, 0.717) is 12.1 Å². The molecule has 1 saturated heterocycles. The molecule has 2 unspecified atom stereocenters. The lowest BCUT2D eigenvalue weighted by Gasteiger charge is -2.39. The molecule has 2 atom stereocenters. The van der Waals surface area contributed by atoms with Crippen LogP contribution in [0, 0.1) is 0 Å². The maximum Gasteiger partial charge on any atom is 0.120 e. The second-order valence-corrected chi connectivity index (χ2v) is 5.42. The highest BCUT2D eigenvalue weighted by atomic mass is 16.5. The molecule has 3 heteroatoms. The number of piperidine rings is 1. The largest absolute Gasteiger partial charge is 0.497 e. The molecule has 0 aromatic heterocycles. The van der Waals surface area contributed by atoms with Gasteiger partial charge in [0, 0.05) is 30.4 Å². The first-order valence-corrected chi connectivity index (χ1v) is 7.38. The van der Waals surface area contributed by atoms with E-state index in [2.05, 4.69) is 42.3 Å². The predicted molar refractivity (Wildman–Crippen MR) is 81.1 cm³/mol. The van der Waals surface area contributed by atoms with Gasteiger partial charge in [-0.1, -0.05) is 13.0 Å². The number of hydrogen-bond acceptors (Lipinski definition) is 3. The molecule has 0 saturated carbocycles. The maximum absolute atomic E-state index is 5.32. The van der Waals surface area contributed by atoms with E-state index in [0.717, 1.165) is 18.8 Å². The fourth-order valence-electron chi connectivity index (χ4n) is 2.88. The van der Waals surface area contributed by atoms with Crippen LogP contribution in [0.3, 0.4) is 0 Å². The van der Waals surface area contributed by atoms with Crippen molar-refractivity contribution in [3.8, 4) is 5.75 Å². The van der Waals surface area contributed by atoms with E-state index in [1.54, 1.807) is 7.11 Å². The molecule has 1 N–H and O–H groups in total. The van der Waals surface area contributed by atoms with Crippen molar-refractivity contribution in [3.63, 3.8) is 0 Å². The fourth-order valence-corrected chi connectivity index (χ4v) is 2.88. The highest BCUT2D eigenvalue weighted by Crippen LogP contribution is 2.27. The van der Waals surface area contributed by atoms with E-state index in [1.807, 2.05) is 6.07 Å². The summed E-state index contributed by atoms with van der Waals surface area (Å²) in [6.45, 7) is 6.80. The van der Waals surface area contributed by atoms with Crippen LogP contribution in [-0.2, 0) is 0 Å². The minimum atomic E-state index is 0.579. The van der Waals surface area contributed by atoms with Gasteiger partial charge in [0.2, 0.25) is 0 Å². The summed E-state index contributed by atoms with van der Waals surface area (Å²) >= 11 is 0. The Morgan fingerprint density at radius 1 is 1.42 bits per heavy atom. The summed E-state index contributed by atoms with van der Waals surface area (Å²) in [5, 5.41) is 3.64.